The van der Waals surface area contributed by atoms with Gasteiger partial charge in [-0.1, -0.05) is 19.4 Å². The third-order valence-electron chi connectivity index (χ3n) is 14.8. The molecule has 6 fully saturated rings. The normalized spacial score (nSPS) is 18.5. The van der Waals surface area contributed by atoms with Gasteiger partial charge in [0.05, 0.1) is 101 Å². The highest BCUT2D eigenvalue weighted by atomic mass is 16.5. The predicted octanol–water partition coefficient (Wildman–Crippen LogP) is 7.10. The second-order valence-corrected chi connectivity index (χ2v) is 20.0. The third-order valence-corrected chi connectivity index (χ3v) is 14.8. The van der Waals surface area contributed by atoms with Crippen LogP contribution in [0.25, 0.3) is 0 Å². The number of hydrogen-bond donors (Lipinski definition) is 5. The molecule has 6 aliphatic rings. The van der Waals surface area contributed by atoms with Gasteiger partial charge in [0.15, 0.2) is 0 Å². The third kappa shape index (κ3) is 16.4. The second kappa shape index (κ2) is 29.2. The second-order valence-electron chi connectivity index (χ2n) is 20.0. The molecule has 0 aromatic carbocycles. The Hall–Kier alpha value is -6.79. The van der Waals surface area contributed by atoms with Gasteiger partial charge in [0.25, 0.3) is 0 Å². The minimum Gasteiger partial charge on any atom is -0.396 e. The van der Waals surface area contributed by atoms with Crippen LogP contribution in [-0.2, 0) is 4.74 Å². The maximum absolute atomic E-state index is 6.04. The summed E-state index contributed by atoms with van der Waals surface area (Å²) in [7, 11) is 2.19. The van der Waals surface area contributed by atoms with Gasteiger partial charge in [-0.2, -0.15) is 0 Å². The Kier molecular flexibility index (Phi) is 21.7. The van der Waals surface area contributed by atoms with Crippen LogP contribution < -0.4 is 53.2 Å². The number of nitrogen functional groups attached to an aromatic ring is 5. The topological polar surface area (TPSA) is 226 Å². The number of morpholine rings is 1. The van der Waals surface area contributed by atoms with E-state index in [1.165, 1.54) is 63.5 Å². The van der Waals surface area contributed by atoms with E-state index in [0.717, 1.165) is 175 Å². The van der Waals surface area contributed by atoms with Crippen LogP contribution in [0.2, 0.25) is 0 Å². The Balaban J connectivity index is 0.000000138. The summed E-state index contributed by atoms with van der Waals surface area (Å²) < 4.78 is 5.26. The van der Waals surface area contributed by atoms with Crippen molar-refractivity contribution in [1.82, 2.24) is 34.7 Å². The Morgan fingerprint density at radius 3 is 1.01 bits per heavy atom. The Morgan fingerprint density at radius 1 is 0.405 bits per heavy atom. The van der Waals surface area contributed by atoms with E-state index in [0.29, 0.717) is 5.92 Å². The highest BCUT2D eigenvalue weighted by molar-refractivity contribution is 5.69. The van der Waals surface area contributed by atoms with Crippen molar-refractivity contribution < 1.29 is 4.74 Å². The molecule has 0 amide bonds. The van der Waals surface area contributed by atoms with Crippen LogP contribution in [0.1, 0.15) is 70.6 Å². The largest absolute Gasteiger partial charge is 0.396 e. The first-order valence-electron chi connectivity index (χ1n) is 27.1. The maximum atomic E-state index is 6.04. The molecule has 11 heterocycles. The van der Waals surface area contributed by atoms with Crippen molar-refractivity contribution in [3.63, 3.8) is 0 Å². The molecular formula is C56H85N17O. The molecule has 0 spiro atoms. The minimum atomic E-state index is 0.614. The van der Waals surface area contributed by atoms with Gasteiger partial charge >= 0.3 is 0 Å². The molecule has 6 aliphatic heterocycles. The number of likely N-dealkylation sites (N-methyl/N-ethyl adjacent to an activating group) is 1. The summed E-state index contributed by atoms with van der Waals surface area (Å²) >= 11 is 0. The first-order chi connectivity index (χ1) is 36.2. The molecule has 0 bridgehead atoms. The molecule has 0 aliphatic carbocycles. The number of piperazine rings is 1. The van der Waals surface area contributed by atoms with Gasteiger partial charge in [0.1, 0.15) is 0 Å². The van der Waals surface area contributed by atoms with Crippen LogP contribution in [-0.4, -0.2) is 147 Å². The molecular weight excluding hydrogens is 927 g/mol. The lowest BCUT2D eigenvalue weighted by atomic mass is 9.92. The average Bonchev–Trinajstić information content (AvgIpc) is 3.85. The monoisotopic (exact) mass is 1010 g/mol. The van der Waals surface area contributed by atoms with Crippen molar-refractivity contribution in [1.29, 1.82) is 0 Å². The lowest BCUT2D eigenvalue weighted by Gasteiger charge is -2.41. The summed E-state index contributed by atoms with van der Waals surface area (Å²) in [5.41, 5.74) is 40.3. The molecule has 18 heteroatoms. The summed E-state index contributed by atoms with van der Waals surface area (Å²) in [5.74, 6) is 0.614. The zero-order valence-corrected chi connectivity index (χ0v) is 44.2. The highest BCUT2D eigenvalue weighted by Gasteiger charge is 2.27. The number of piperidine rings is 2. The lowest BCUT2D eigenvalue weighted by molar-refractivity contribution is 0.123. The molecule has 6 saturated heterocycles. The standard InChI is InChI=1S/C17H27N5.C11H17N3.C10H15N3.C9H13N3O.C9H13N3/c1-14(21-11-9-20(2)10-12-21)15-4-7-22(8-5-15)17-3-6-19-13-16(17)18;12-10-9-13-6-5-11(10)14-7-3-1-2-4-8-14;11-9-8-12-5-4-10(9)13-6-2-1-3-7-13;10-8-7-11-2-1-9(8)12-3-5-13-6-4-12;10-8-7-11-4-3-9(8)12-5-1-2-6-12/h3,6,13,15H,1,4-5,7-12,18H2,2H3;5-6,9H,1-4,7-8,12H2;4-5,8H,1-3,6-7,11H2;1-2,7H,3-6,10H2;3-4,7H,1-2,5-6,10H2. The Labute approximate surface area is 441 Å². The van der Waals surface area contributed by atoms with Crippen molar-refractivity contribution in [3.05, 3.63) is 105 Å². The number of nitrogens with zero attached hydrogens (tertiary/aromatic N) is 12. The molecule has 0 saturated carbocycles. The van der Waals surface area contributed by atoms with Crippen LogP contribution >= 0.6 is 0 Å². The molecule has 5 aromatic heterocycles. The Morgan fingerprint density at radius 2 is 0.689 bits per heavy atom. The fourth-order valence-corrected chi connectivity index (χ4v) is 10.5. The van der Waals surface area contributed by atoms with Crippen molar-refractivity contribution in [2.45, 2.75) is 70.6 Å². The number of hydrogen-bond acceptors (Lipinski definition) is 18. The number of nitrogens with two attached hydrogens (primary N) is 5. The number of ether oxygens (including phenoxy) is 1. The van der Waals surface area contributed by atoms with E-state index in [-0.39, 0.29) is 0 Å². The van der Waals surface area contributed by atoms with Crippen molar-refractivity contribution in [2.75, 3.05) is 165 Å². The fourth-order valence-electron chi connectivity index (χ4n) is 10.5. The zero-order valence-electron chi connectivity index (χ0n) is 44.2. The highest BCUT2D eigenvalue weighted by Crippen LogP contribution is 2.32. The SMILES string of the molecule is C=C(C1CCN(c2ccncc2N)CC1)N1CCN(C)CC1.Nc1cnccc1N1CCCC1.Nc1cnccc1N1CCCCC1.Nc1cnccc1N1CCCCCC1.Nc1cnccc1N1CCOCC1. The van der Waals surface area contributed by atoms with E-state index in [1.807, 2.05) is 42.7 Å². The number of allylic oxidation sites excluding steroid dienone is 1. The molecule has 5 aromatic rings. The maximum Gasteiger partial charge on any atom is 0.0738 e. The minimum absolute atomic E-state index is 0.614. The number of pyridine rings is 5. The summed E-state index contributed by atoms with van der Waals surface area (Å²) in [6.07, 6.45) is 31.6. The fraction of sp³-hybridized carbons (Fsp3) is 0.518. The van der Waals surface area contributed by atoms with Gasteiger partial charge in [-0.25, -0.2) is 0 Å². The zero-order chi connectivity index (χ0) is 51.9. The summed E-state index contributed by atoms with van der Waals surface area (Å²) in [5, 5.41) is 0. The van der Waals surface area contributed by atoms with Gasteiger partial charge in [0.2, 0.25) is 0 Å². The van der Waals surface area contributed by atoms with Crippen LogP contribution in [0, 0.1) is 5.92 Å². The molecule has 10 N–H and O–H groups in total. The van der Waals surface area contributed by atoms with Crippen LogP contribution in [0.5, 0.6) is 0 Å². The number of rotatable bonds is 7. The predicted molar refractivity (Wildman–Crippen MR) is 308 cm³/mol. The lowest BCUT2D eigenvalue weighted by Crippen LogP contribution is -2.46. The number of anilines is 10. The van der Waals surface area contributed by atoms with Crippen molar-refractivity contribution in [3.8, 4) is 0 Å². The first-order valence-corrected chi connectivity index (χ1v) is 27.1. The van der Waals surface area contributed by atoms with Gasteiger partial charge in [-0.3, -0.25) is 24.9 Å². The van der Waals surface area contributed by atoms with E-state index in [1.54, 1.807) is 49.6 Å². The van der Waals surface area contributed by atoms with Crippen LogP contribution in [0.4, 0.5) is 56.9 Å². The summed E-state index contributed by atoms with van der Waals surface area (Å²) in [6, 6.07) is 9.97. The smallest absolute Gasteiger partial charge is 0.0738 e. The molecule has 0 radical (unpaired) electrons. The molecule has 0 atom stereocenters. The van der Waals surface area contributed by atoms with Gasteiger partial charge < -0.3 is 67.7 Å². The van der Waals surface area contributed by atoms with Crippen molar-refractivity contribution in [2.24, 2.45) is 5.92 Å². The average molecular weight is 1010 g/mol. The Bertz CT molecular complexity index is 2340. The summed E-state index contributed by atoms with van der Waals surface area (Å²) in [4.78, 5) is 36.5. The quantitative estimate of drug-likeness (QED) is 0.110. The molecule has 74 heavy (non-hydrogen) atoms. The van der Waals surface area contributed by atoms with Crippen LogP contribution in [0.3, 0.4) is 0 Å². The van der Waals surface area contributed by atoms with Crippen LogP contribution in [0.15, 0.2) is 105 Å². The van der Waals surface area contributed by atoms with E-state index in [9.17, 15) is 0 Å². The van der Waals surface area contributed by atoms with E-state index >= 15 is 0 Å². The first kappa shape index (κ1) is 55.0. The summed E-state index contributed by atoms with van der Waals surface area (Å²) in [6.45, 7) is 21.2. The van der Waals surface area contributed by atoms with E-state index in [2.05, 4.69) is 72.8 Å². The molecule has 11 rings (SSSR count). The van der Waals surface area contributed by atoms with Gasteiger partial charge in [0, 0.05) is 134 Å². The van der Waals surface area contributed by atoms with Gasteiger partial charge in [-0.15, -0.1) is 0 Å². The van der Waals surface area contributed by atoms with E-state index in [4.69, 9.17) is 33.4 Å². The molecule has 0 unspecified atom stereocenters. The molecule has 18 nitrogen and oxygen atoms in total. The van der Waals surface area contributed by atoms with E-state index < -0.39 is 0 Å². The number of aromatic nitrogens is 5. The van der Waals surface area contributed by atoms with Gasteiger partial charge in [-0.05, 0) is 95.2 Å². The van der Waals surface area contributed by atoms with Crippen molar-refractivity contribution >= 4 is 56.9 Å². The molecule has 400 valence electrons.